The van der Waals surface area contributed by atoms with Crippen molar-refractivity contribution in [1.82, 2.24) is 15.0 Å². The lowest BCUT2D eigenvalue weighted by atomic mass is 10.0. The van der Waals surface area contributed by atoms with E-state index in [0.717, 1.165) is 16.5 Å². The van der Waals surface area contributed by atoms with Gasteiger partial charge in [0.25, 0.3) is 0 Å². The van der Waals surface area contributed by atoms with E-state index in [1.54, 1.807) is 49.8 Å². The number of anilines is 1. The zero-order valence-corrected chi connectivity index (χ0v) is 14.6. The van der Waals surface area contributed by atoms with Gasteiger partial charge in [-0.1, -0.05) is 23.7 Å². The molecule has 0 aliphatic carbocycles. The molecule has 0 saturated heterocycles. The van der Waals surface area contributed by atoms with Crippen LogP contribution in [0.1, 0.15) is 0 Å². The van der Waals surface area contributed by atoms with Crippen LogP contribution in [0.4, 0.5) is 10.2 Å². The number of hydrogen-bond donors (Lipinski definition) is 1. The molecule has 2 aromatic carbocycles. The third-order valence-electron chi connectivity index (χ3n) is 4.10. The maximum absolute atomic E-state index is 14.7. The average Bonchev–Trinajstić information content (AvgIpc) is 2.68. The van der Waals surface area contributed by atoms with Crippen LogP contribution < -0.4 is 5.32 Å². The molecule has 1 N–H and O–H groups in total. The summed E-state index contributed by atoms with van der Waals surface area (Å²) in [6, 6.07) is 13.9. The lowest BCUT2D eigenvalue weighted by Crippen LogP contribution is -2.00. The van der Waals surface area contributed by atoms with Gasteiger partial charge in [0.1, 0.15) is 11.6 Å². The molecule has 0 amide bonds. The Balaban J connectivity index is 1.92. The van der Waals surface area contributed by atoms with Crippen LogP contribution in [0, 0.1) is 5.82 Å². The Morgan fingerprint density at radius 3 is 2.50 bits per heavy atom. The molecule has 0 saturated carbocycles. The topological polar surface area (TPSA) is 50.7 Å². The zero-order chi connectivity index (χ0) is 18.1. The summed E-state index contributed by atoms with van der Waals surface area (Å²) in [5.74, 6) is 0.773. The van der Waals surface area contributed by atoms with Crippen molar-refractivity contribution in [3.63, 3.8) is 0 Å². The molecular formula is C20H14ClFN4. The van der Waals surface area contributed by atoms with Gasteiger partial charge in [0, 0.05) is 47.0 Å². The summed E-state index contributed by atoms with van der Waals surface area (Å²) >= 11 is 5.93. The number of hydrogen-bond acceptors (Lipinski definition) is 4. The minimum absolute atomic E-state index is 0.349. The quantitative estimate of drug-likeness (QED) is 0.543. The van der Waals surface area contributed by atoms with Gasteiger partial charge < -0.3 is 5.32 Å². The normalized spacial score (nSPS) is 10.9. The standard InChI is InChI=1S/C20H14ClFN4/c1-23-20-16-9-15(12-4-6-14(21)7-5-12)17(22)10-18(16)25-19(26-20)13-3-2-8-24-11-13/h2-11H,1H3,(H,23,25,26). The molecule has 26 heavy (non-hydrogen) atoms. The second-order valence-electron chi connectivity index (χ2n) is 5.74. The number of aromatic nitrogens is 3. The maximum Gasteiger partial charge on any atom is 0.163 e. The van der Waals surface area contributed by atoms with Crippen LogP contribution >= 0.6 is 11.6 Å². The van der Waals surface area contributed by atoms with E-state index in [1.807, 2.05) is 12.1 Å². The number of halogens is 2. The molecular weight excluding hydrogens is 351 g/mol. The van der Waals surface area contributed by atoms with Crippen LogP contribution in [0.15, 0.2) is 60.9 Å². The Morgan fingerprint density at radius 1 is 1.00 bits per heavy atom. The highest BCUT2D eigenvalue weighted by Gasteiger charge is 2.14. The van der Waals surface area contributed by atoms with Crippen molar-refractivity contribution in [3.8, 4) is 22.5 Å². The van der Waals surface area contributed by atoms with E-state index in [4.69, 9.17) is 11.6 Å². The van der Waals surface area contributed by atoms with E-state index in [0.29, 0.717) is 27.7 Å². The highest BCUT2D eigenvalue weighted by Crippen LogP contribution is 2.32. The van der Waals surface area contributed by atoms with Gasteiger partial charge in [0.05, 0.1) is 5.52 Å². The van der Waals surface area contributed by atoms with E-state index < -0.39 is 0 Å². The zero-order valence-electron chi connectivity index (χ0n) is 13.9. The Labute approximate surface area is 154 Å². The molecule has 0 bridgehead atoms. The van der Waals surface area contributed by atoms with Crippen LogP contribution in [-0.2, 0) is 0 Å². The predicted octanol–water partition coefficient (Wildman–Crippen LogP) is 5.19. The van der Waals surface area contributed by atoms with Crippen LogP contribution in [-0.4, -0.2) is 22.0 Å². The van der Waals surface area contributed by atoms with Gasteiger partial charge in [-0.15, -0.1) is 0 Å². The van der Waals surface area contributed by atoms with Crippen molar-refractivity contribution >= 4 is 28.3 Å². The monoisotopic (exact) mass is 364 g/mol. The predicted molar refractivity (Wildman–Crippen MR) is 103 cm³/mol. The molecule has 2 heterocycles. The maximum atomic E-state index is 14.7. The van der Waals surface area contributed by atoms with Crippen molar-refractivity contribution in [2.45, 2.75) is 0 Å². The van der Waals surface area contributed by atoms with E-state index in [2.05, 4.69) is 20.3 Å². The first kappa shape index (κ1) is 16.4. The molecule has 4 rings (SSSR count). The number of rotatable bonds is 3. The van der Waals surface area contributed by atoms with Crippen molar-refractivity contribution < 1.29 is 4.39 Å². The van der Waals surface area contributed by atoms with Crippen LogP contribution in [0.2, 0.25) is 5.02 Å². The molecule has 6 heteroatoms. The van der Waals surface area contributed by atoms with Crippen LogP contribution in [0.3, 0.4) is 0 Å². The van der Waals surface area contributed by atoms with Crippen molar-refractivity contribution in [3.05, 3.63) is 71.8 Å². The lowest BCUT2D eigenvalue weighted by molar-refractivity contribution is 0.633. The smallest absolute Gasteiger partial charge is 0.163 e. The first-order valence-electron chi connectivity index (χ1n) is 8.01. The number of fused-ring (bicyclic) bond motifs is 1. The van der Waals surface area contributed by atoms with Crippen molar-refractivity contribution in [2.75, 3.05) is 12.4 Å². The summed E-state index contributed by atoms with van der Waals surface area (Å²) in [6.07, 6.45) is 3.36. The number of nitrogens with zero attached hydrogens (tertiary/aromatic N) is 3. The Kier molecular flexibility index (Phi) is 4.22. The van der Waals surface area contributed by atoms with Gasteiger partial charge in [-0.05, 0) is 35.9 Å². The molecule has 0 atom stereocenters. The van der Waals surface area contributed by atoms with Crippen LogP contribution in [0.5, 0.6) is 0 Å². The van der Waals surface area contributed by atoms with Crippen LogP contribution in [0.25, 0.3) is 33.4 Å². The fraction of sp³-hybridized carbons (Fsp3) is 0.0500. The summed E-state index contributed by atoms with van der Waals surface area (Å²) < 4.78 is 14.7. The van der Waals surface area contributed by atoms with E-state index in [9.17, 15) is 4.39 Å². The first-order chi connectivity index (χ1) is 12.7. The molecule has 0 radical (unpaired) electrons. The fourth-order valence-corrected chi connectivity index (χ4v) is 2.94. The lowest BCUT2D eigenvalue weighted by Gasteiger charge is -2.11. The highest BCUT2D eigenvalue weighted by atomic mass is 35.5. The van der Waals surface area contributed by atoms with Crippen molar-refractivity contribution in [1.29, 1.82) is 0 Å². The second-order valence-corrected chi connectivity index (χ2v) is 6.18. The minimum Gasteiger partial charge on any atom is -0.373 e. The van der Waals surface area contributed by atoms with Crippen molar-refractivity contribution in [2.24, 2.45) is 0 Å². The fourth-order valence-electron chi connectivity index (χ4n) is 2.82. The summed E-state index contributed by atoms with van der Waals surface area (Å²) in [5.41, 5.74) is 2.52. The molecule has 4 nitrogen and oxygen atoms in total. The average molecular weight is 365 g/mol. The third-order valence-corrected chi connectivity index (χ3v) is 4.35. The van der Waals surface area contributed by atoms with E-state index in [1.165, 1.54) is 6.07 Å². The highest BCUT2D eigenvalue weighted by molar-refractivity contribution is 6.30. The summed E-state index contributed by atoms with van der Waals surface area (Å²) in [5, 5.41) is 4.42. The molecule has 2 aromatic heterocycles. The van der Waals surface area contributed by atoms with Gasteiger partial charge in [-0.2, -0.15) is 0 Å². The molecule has 0 spiro atoms. The molecule has 0 unspecified atom stereocenters. The molecule has 4 aromatic rings. The van der Waals surface area contributed by atoms with Gasteiger partial charge >= 0.3 is 0 Å². The van der Waals surface area contributed by atoms with Gasteiger partial charge in [-0.3, -0.25) is 4.98 Å². The summed E-state index contributed by atoms with van der Waals surface area (Å²) in [7, 11) is 1.78. The number of pyridine rings is 1. The third kappa shape index (κ3) is 2.97. The van der Waals surface area contributed by atoms with Gasteiger partial charge in [0.2, 0.25) is 0 Å². The molecule has 128 valence electrons. The minimum atomic E-state index is -0.349. The Morgan fingerprint density at radius 2 is 1.81 bits per heavy atom. The Bertz CT molecular complexity index is 1080. The number of nitrogens with one attached hydrogen (secondary N) is 1. The van der Waals surface area contributed by atoms with Gasteiger partial charge in [0.15, 0.2) is 5.82 Å². The largest absolute Gasteiger partial charge is 0.373 e. The first-order valence-corrected chi connectivity index (χ1v) is 8.39. The summed E-state index contributed by atoms with van der Waals surface area (Å²) in [4.78, 5) is 13.2. The van der Waals surface area contributed by atoms with E-state index >= 15 is 0 Å². The molecule has 0 aliphatic rings. The number of benzene rings is 2. The van der Waals surface area contributed by atoms with E-state index in [-0.39, 0.29) is 5.82 Å². The SMILES string of the molecule is CNc1nc(-c2cccnc2)nc2cc(F)c(-c3ccc(Cl)cc3)cc12. The Hall–Kier alpha value is -3.05. The summed E-state index contributed by atoms with van der Waals surface area (Å²) in [6.45, 7) is 0. The molecule has 0 aliphatic heterocycles. The second kappa shape index (κ2) is 6.69. The molecule has 0 fully saturated rings. The van der Waals surface area contributed by atoms with Gasteiger partial charge in [-0.25, -0.2) is 14.4 Å².